The van der Waals surface area contributed by atoms with Gasteiger partial charge in [-0.25, -0.2) is 18.1 Å². The molecule has 3 aromatic rings. The Kier molecular flexibility index (Phi) is 8.14. The molecule has 9 heteroatoms. The monoisotopic (exact) mass is 473 g/mol. The van der Waals surface area contributed by atoms with E-state index >= 15 is 0 Å². The number of hydrogen-bond acceptors (Lipinski definition) is 6. The Morgan fingerprint density at radius 3 is 2.41 bits per heavy atom. The van der Waals surface area contributed by atoms with Crippen molar-refractivity contribution in [2.24, 2.45) is 0 Å². The number of rotatable bonds is 10. The number of amides is 1. The minimum atomic E-state index is -3.69. The zero-order valence-electron chi connectivity index (χ0n) is 18.4. The van der Waals surface area contributed by atoms with Gasteiger partial charge in [-0.05, 0) is 30.0 Å². The van der Waals surface area contributed by atoms with Gasteiger partial charge in [-0.3, -0.25) is 9.69 Å². The van der Waals surface area contributed by atoms with Crippen molar-refractivity contribution in [1.82, 2.24) is 9.71 Å². The molecule has 170 valence electrons. The highest BCUT2D eigenvalue weighted by Crippen LogP contribution is 2.29. The normalized spacial score (nSPS) is 11.5. The van der Waals surface area contributed by atoms with Gasteiger partial charge in [0.2, 0.25) is 5.91 Å². The predicted octanol–water partition coefficient (Wildman–Crippen LogP) is 3.64. The zero-order valence-corrected chi connectivity index (χ0v) is 20.0. The van der Waals surface area contributed by atoms with E-state index in [1.54, 1.807) is 21.1 Å². The highest BCUT2D eigenvalue weighted by atomic mass is 32.2. The van der Waals surface area contributed by atoms with Crippen molar-refractivity contribution in [2.45, 2.75) is 24.0 Å². The van der Waals surface area contributed by atoms with Crippen LogP contribution in [0.15, 0.2) is 58.8 Å². The highest BCUT2D eigenvalue weighted by molar-refractivity contribution is 7.91. The number of sulfonamides is 1. The first-order chi connectivity index (χ1) is 15.3. The number of aromatic nitrogens is 1. The number of benzene rings is 2. The van der Waals surface area contributed by atoms with Crippen molar-refractivity contribution in [3.63, 3.8) is 0 Å². The molecule has 0 bridgehead atoms. The van der Waals surface area contributed by atoms with Gasteiger partial charge in [-0.2, -0.15) is 0 Å². The molecule has 1 N–H and O–H groups in total. The number of ether oxygens (including phenoxy) is 1. The average molecular weight is 474 g/mol. The second-order valence-electron chi connectivity index (χ2n) is 7.31. The van der Waals surface area contributed by atoms with Crippen LogP contribution in [0.5, 0.6) is 0 Å². The number of carbonyl (C=O) groups is 1. The fourth-order valence-corrected chi connectivity index (χ4v) is 5.69. The number of methoxy groups -OCH3 is 1. The van der Waals surface area contributed by atoms with Gasteiger partial charge >= 0.3 is 0 Å². The molecule has 32 heavy (non-hydrogen) atoms. The van der Waals surface area contributed by atoms with Crippen LogP contribution in [0.1, 0.15) is 17.7 Å². The Labute approximate surface area is 193 Å². The maximum absolute atomic E-state index is 12.8. The summed E-state index contributed by atoms with van der Waals surface area (Å²) in [7, 11) is -0.507. The number of hydrogen-bond donors (Lipinski definition) is 1. The Balaban J connectivity index is 1.66. The molecule has 0 radical (unpaired) electrons. The van der Waals surface area contributed by atoms with Crippen LogP contribution in [0.25, 0.3) is 11.1 Å². The van der Waals surface area contributed by atoms with Gasteiger partial charge in [0, 0.05) is 27.3 Å². The molecule has 0 aliphatic carbocycles. The molecule has 0 aliphatic heterocycles. The maximum Gasteiger partial charge on any atom is 0.252 e. The summed E-state index contributed by atoms with van der Waals surface area (Å²) in [4.78, 5) is 18.5. The van der Waals surface area contributed by atoms with E-state index in [0.29, 0.717) is 23.9 Å². The second-order valence-corrected chi connectivity index (χ2v) is 10.2. The van der Waals surface area contributed by atoms with Crippen molar-refractivity contribution < 1.29 is 17.9 Å². The van der Waals surface area contributed by atoms with E-state index in [0.717, 1.165) is 28.0 Å². The number of likely N-dealkylation sites (N-methyl/N-ethyl adjacent to an activating group) is 1. The van der Waals surface area contributed by atoms with Crippen molar-refractivity contribution >= 4 is 32.4 Å². The standard InChI is InChI=1S/C23H27N3O4S2/c1-17-22(32(28,29)24-14-7-15-30-3)31-23(25-17)26(2)21(27)16-18-10-12-20(13-11-18)19-8-5-4-6-9-19/h4-6,8-13,24H,7,14-16H2,1-3H3. The van der Waals surface area contributed by atoms with Gasteiger partial charge in [0.05, 0.1) is 12.1 Å². The number of carbonyl (C=O) groups excluding carboxylic acids is 1. The molecule has 0 saturated heterocycles. The quantitative estimate of drug-likeness (QED) is 0.454. The molecule has 1 heterocycles. The first-order valence-corrected chi connectivity index (χ1v) is 12.5. The number of nitrogens with one attached hydrogen (secondary N) is 1. The highest BCUT2D eigenvalue weighted by Gasteiger charge is 2.24. The molecule has 0 aliphatic rings. The van der Waals surface area contributed by atoms with E-state index in [2.05, 4.69) is 9.71 Å². The summed E-state index contributed by atoms with van der Waals surface area (Å²) in [6, 6.07) is 17.9. The molecule has 7 nitrogen and oxygen atoms in total. The number of aryl methyl sites for hydroxylation is 1. The van der Waals surface area contributed by atoms with Gasteiger partial charge in [-0.15, -0.1) is 0 Å². The summed E-state index contributed by atoms with van der Waals surface area (Å²) >= 11 is 0.989. The van der Waals surface area contributed by atoms with Crippen LogP contribution in [-0.2, 0) is 26.0 Å². The average Bonchev–Trinajstić information content (AvgIpc) is 3.20. The minimum absolute atomic E-state index is 0.122. The van der Waals surface area contributed by atoms with Gasteiger partial charge < -0.3 is 4.74 Å². The number of anilines is 1. The van der Waals surface area contributed by atoms with Gasteiger partial charge in [0.15, 0.2) is 9.34 Å². The lowest BCUT2D eigenvalue weighted by Gasteiger charge is -2.14. The van der Waals surface area contributed by atoms with Gasteiger partial charge in [0.1, 0.15) is 0 Å². The van der Waals surface area contributed by atoms with Crippen molar-refractivity contribution in [2.75, 3.05) is 32.2 Å². The SMILES string of the molecule is COCCCNS(=O)(=O)c1sc(N(C)C(=O)Cc2ccc(-c3ccccc3)cc2)nc1C. The maximum atomic E-state index is 12.8. The van der Waals surface area contributed by atoms with E-state index in [4.69, 9.17) is 4.74 Å². The minimum Gasteiger partial charge on any atom is -0.385 e. The van der Waals surface area contributed by atoms with Crippen LogP contribution in [0.2, 0.25) is 0 Å². The van der Waals surface area contributed by atoms with Crippen molar-refractivity contribution in [3.05, 3.63) is 65.9 Å². The van der Waals surface area contributed by atoms with Crippen LogP contribution in [0, 0.1) is 6.92 Å². The molecule has 0 atom stereocenters. The molecule has 1 amide bonds. The van der Waals surface area contributed by atoms with E-state index in [9.17, 15) is 13.2 Å². The molecule has 0 fully saturated rings. The van der Waals surface area contributed by atoms with Crippen LogP contribution in [0.4, 0.5) is 5.13 Å². The van der Waals surface area contributed by atoms with Gasteiger partial charge in [0.25, 0.3) is 10.0 Å². The molecule has 3 rings (SSSR count). The van der Waals surface area contributed by atoms with Crippen molar-refractivity contribution in [3.8, 4) is 11.1 Å². The largest absolute Gasteiger partial charge is 0.385 e. The number of nitrogens with zero attached hydrogens (tertiary/aromatic N) is 2. The third-order valence-corrected chi connectivity index (χ3v) is 8.19. The predicted molar refractivity (Wildman–Crippen MR) is 128 cm³/mol. The summed E-state index contributed by atoms with van der Waals surface area (Å²) in [6.07, 6.45) is 0.767. The molecule has 0 unspecified atom stereocenters. The lowest BCUT2D eigenvalue weighted by Crippen LogP contribution is -2.27. The summed E-state index contributed by atoms with van der Waals surface area (Å²) < 4.78 is 32.8. The molecular formula is C23H27N3O4S2. The lowest BCUT2D eigenvalue weighted by molar-refractivity contribution is -0.117. The number of thiazole rings is 1. The lowest BCUT2D eigenvalue weighted by atomic mass is 10.0. The van der Waals surface area contributed by atoms with Crippen molar-refractivity contribution in [1.29, 1.82) is 0 Å². The van der Waals surface area contributed by atoms with E-state index in [1.807, 2.05) is 54.6 Å². The molecule has 2 aromatic carbocycles. The molecule has 1 aromatic heterocycles. The Hall–Kier alpha value is -2.59. The third kappa shape index (κ3) is 6.01. The van der Waals surface area contributed by atoms with Crippen LogP contribution >= 0.6 is 11.3 Å². The van der Waals surface area contributed by atoms with E-state index in [1.165, 1.54) is 4.90 Å². The fourth-order valence-electron chi connectivity index (χ4n) is 3.10. The summed E-state index contributed by atoms with van der Waals surface area (Å²) in [5, 5.41) is 0.352. The van der Waals surface area contributed by atoms with Crippen LogP contribution < -0.4 is 9.62 Å². The first kappa shape index (κ1) is 24.1. The summed E-state index contributed by atoms with van der Waals surface area (Å²) in [5.74, 6) is -0.164. The summed E-state index contributed by atoms with van der Waals surface area (Å²) in [6.45, 7) is 2.37. The molecular weight excluding hydrogens is 446 g/mol. The van der Waals surface area contributed by atoms with Gasteiger partial charge in [-0.1, -0.05) is 65.9 Å². The Morgan fingerprint density at radius 1 is 1.09 bits per heavy atom. The smallest absolute Gasteiger partial charge is 0.252 e. The third-order valence-electron chi connectivity index (χ3n) is 4.88. The topological polar surface area (TPSA) is 88.6 Å². The summed E-state index contributed by atoms with van der Waals surface area (Å²) in [5.41, 5.74) is 3.45. The second kappa shape index (κ2) is 10.8. The molecule has 0 spiro atoms. The fraction of sp³-hybridized carbons (Fsp3) is 0.304. The Morgan fingerprint density at radius 2 is 1.75 bits per heavy atom. The Bertz CT molecular complexity index is 1140. The first-order valence-electron chi connectivity index (χ1n) is 10.2. The molecule has 0 saturated carbocycles. The van der Waals surface area contributed by atoms with E-state index in [-0.39, 0.29) is 23.1 Å². The van der Waals surface area contributed by atoms with E-state index < -0.39 is 10.0 Å². The zero-order chi connectivity index (χ0) is 23.1. The van der Waals surface area contributed by atoms with Crippen LogP contribution in [-0.4, -0.2) is 46.6 Å². The van der Waals surface area contributed by atoms with Crippen LogP contribution in [0.3, 0.4) is 0 Å².